The molecule has 0 spiro atoms. The van der Waals surface area contributed by atoms with Crippen LogP contribution in [-0.2, 0) is 6.54 Å². The number of aromatic nitrogens is 1. The van der Waals surface area contributed by atoms with Gasteiger partial charge in [-0.3, -0.25) is 4.90 Å². The molecule has 1 atom stereocenters. The molecule has 1 fully saturated rings. The third kappa shape index (κ3) is 3.02. The summed E-state index contributed by atoms with van der Waals surface area (Å²) in [5.41, 5.74) is 7.39. The summed E-state index contributed by atoms with van der Waals surface area (Å²) in [6.07, 6.45) is 2.50. The number of hydrogen-bond acceptors (Lipinski definition) is 5. The van der Waals surface area contributed by atoms with E-state index >= 15 is 0 Å². The zero-order chi connectivity index (χ0) is 12.3. The van der Waals surface area contributed by atoms with Crippen LogP contribution in [0.25, 0.3) is 0 Å². The zero-order valence-electron chi connectivity index (χ0n) is 10.6. The molecule has 1 aromatic rings. The van der Waals surface area contributed by atoms with Gasteiger partial charge in [0.05, 0.1) is 10.7 Å². The van der Waals surface area contributed by atoms with Crippen LogP contribution in [0.3, 0.4) is 0 Å². The summed E-state index contributed by atoms with van der Waals surface area (Å²) in [6, 6.07) is 0. The van der Waals surface area contributed by atoms with Gasteiger partial charge < -0.3 is 5.73 Å². The summed E-state index contributed by atoms with van der Waals surface area (Å²) in [6.45, 7) is 3.73. The van der Waals surface area contributed by atoms with Gasteiger partial charge in [0.15, 0.2) is 0 Å². The smallest absolute Gasteiger partial charge is 0.0897 e. The standard InChI is InChI=1S/C12H21N3S2/c1-10-14-11(7-17-10)6-15(2)12(8-13)4-3-5-16-9-12/h7H,3-6,8-9,13H2,1-2H3. The van der Waals surface area contributed by atoms with Crippen molar-refractivity contribution in [2.45, 2.75) is 31.8 Å². The molecule has 0 radical (unpaired) electrons. The van der Waals surface area contributed by atoms with Crippen LogP contribution < -0.4 is 5.73 Å². The molecule has 96 valence electrons. The minimum atomic E-state index is 0.181. The molecule has 1 saturated heterocycles. The number of thioether (sulfide) groups is 1. The van der Waals surface area contributed by atoms with Crippen molar-refractivity contribution >= 4 is 23.1 Å². The second-order valence-electron chi connectivity index (χ2n) is 4.80. The molecule has 2 heterocycles. The number of rotatable bonds is 4. The Bertz CT molecular complexity index is 358. The lowest BCUT2D eigenvalue weighted by molar-refractivity contribution is 0.126. The minimum Gasteiger partial charge on any atom is -0.329 e. The van der Waals surface area contributed by atoms with E-state index in [2.05, 4.69) is 29.2 Å². The first-order valence-corrected chi connectivity index (χ1v) is 8.10. The van der Waals surface area contributed by atoms with Gasteiger partial charge in [-0.1, -0.05) is 0 Å². The fourth-order valence-corrected chi connectivity index (χ4v) is 4.31. The summed E-state index contributed by atoms with van der Waals surface area (Å²) in [5, 5.41) is 3.31. The van der Waals surface area contributed by atoms with Gasteiger partial charge in [0.1, 0.15) is 0 Å². The first-order valence-electron chi connectivity index (χ1n) is 6.06. The molecule has 17 heavy (non-hydrogen) atoms. The molecular weight excluding hydrogens is 250 g/mol. The largest absolute Gasteiger partial charge is 0.329 e. The topological polar surface area (TPSA) is 42.2 Å². The van der Waals surface area contributed by atoms with Crippen LogP contribution in [0.15, 0.2) is 5.38 Å². The van der Waals surface area contributed by atoms with Crippen LogP contribution >= 0.6 is 23.1 Å². The van der Waals surface area contributed by atoms with Gasteiger partial charge in [-0.15, -0.1) is 11.3 Å². The molecule has 1 aliphatic rings. The third-order valence-electron chi connectivity index (χ3n) is 3.56. The van der Waals surface area contributed by atoms with Crippen molar-refractivity contribution in [1.29, 1.82) is 0 Å². The Hall–Kier alpha value is -0.100. The second-order valence-corrected chi connectivity index (χ2v) is 6.97. The molecule has 1 unspecified atom stereocenters. The Morgan fingerprint density at radius 3 is 2.94 bits per heavy atom. The Labute approximate surface area is 112 Å². The first kappa shape index (κ1) is 13.3. The van der Waals surface area contributed by atoms with Crippen molar-refractivity contribution in [3.8, 4) is 0 Å². The van der Waals surface area contributed by atoms with Crippen molar-refractivity contribution in [2.24, 2.45) is 5.73 Å². The molecule has 0 aliphatic carbocycles. The quantitative estimate of drug-likeness (QED) is 0.911. The lowest BCUT2D eigenvalue weighted by Gasteiger charge is -2.43. The van der Waals surface area contributed by atoms with E-state index in [0.29, 0.717) is 0 Å². The fourth-order valence-electron chi connectivity index (χ4n) is 2.35. The summed E-state index contributed by atoms with van der Waals surface area (Å²) in [7, 11) is 2.19. The molecule has 0 amide bonds. The summed E-state index contributed by atoms with van der Waals surface area (Å²) >= 11 is 3.76. The molecule has 5 heteroatoms. The average molecular weight is 271 g/mol. The van der Waals surface area contributed by atoms with Gasteiger partial charge >= 0.3 is 0 Å². The number of likely N-dealkylation sites (N-methyl/N-ethyl adjacent to an activating group) is 1. The maximum absolute atomic E-state index is 6.03. The van der Waals surface area contributed by atoms with Crippen molar-refractivity contribution < 1.29 is 0 Å². The Kier molecular flexibility index (Phi) is 4.47. The molecule has 0 aromatic carbocycles. The average Bonchev–Trinajstić information content (AvgIpc) is 2.75. The van der Waals surface area contributed by atoms with Crippen LogP contribution in [0, 0.1) is 6.92 Å². The second kappa shape index (κ2) is 5.69. The minimum absolute atomic E-state index is 0.181. The van der Waals surface area contributed by atoms with E-state index in [1.165, 1.54) is 24.3 Å². The van der Waals surface area contributed by atoms with Gasteiger partial charge in [0, 0.05) is 29.8 Å². The maximum atomic E-state index is 6.03. The Morgan fingerprint density at radius 1 is 1.59 bits per heavy atom. The number of thiazole rings is 1. The zero-order valence-corrected chi connectivity index (χ0v) is 12.2. The van der Waals surface area contributed by atoms with Crippen LogP contribution in [0.1, 0.15) is 23.5 Å². The predicted molar refractivity (Wildman–Crippen MR) is 76.7 cm³/mol. The lowest BCUT2D eigenvalue weighted by Crippen LogP contribution is -2.55. The summed E-state index contributed by atoms with van der Waals surface area (Å²) in [4.78, 5) is 6.95. The highest BCUT2D eigenvalue weighted by Gasteiger charge is 2.35. The van der Waals surface area contributed by atoms with E-state index in [1.807, 2.05) is 11.8 Å². The van der Waals surface area contributed by atoms with E-state index < -0.39 is 0 Å². The Morgan fingerprint density at radius 2 is 2.41 bits per heavy atom. The van der Waals surface area contributed by atoms with Crippen molar-refractivity contribution in [2.75, 3.05) is 25.1 Å². The first-order chi connectivity index (χ1) is 8.16. The van der Waals surface area contributed by atoms with Crippen molar-refractivity contribution in [1.82, 2.24) is 9.88 Å². The Balaban J connectivity index is 2.04. The van der Waals surface area contributed by atoms with Crippen LogP contribution in [0.5, 0.6) is 0 Å². The highest BCUT2D eigenvalue weighted by atomic mass is 32.2. The molecule has 2 rings (SSSR count). The highest BCUT2D eigenvalue weighted by molar-refractivity contribution is 7.99. The van der Waals surface area contributed by atoms with Crippen LogP contribution in [-0.4, -0.2) is 40.5 Å². The number of aryl methyl sites for hydroxylation is 1. The molecule has 2 N–H and O–H groups in total. The SMILES string of the molecule is Cc1nc(CN(C)C2(CN)CCCSC2)cs1. The van der Waals surface area contributed by atoms with E-state index in [9.17, 15) is 0 Å². The van der Waals surface area contributed by atoms with Gasteiger partial charge in [0.2, 0.25) is 0 Å². The number of nitrogens with zero attached hydrogens (tertiary/aromatic N) is 2. The van der Waals surface area contributed by atoms with E-state index in [1.54, 1.807) is 11.3 Å². The number of nitrogens with two attached hydrogens (primary N) is 1. The summed E-state index contributed by atoms with van der Waals surface area (Å²) in [5.74, 6) is 2.44. The molecule has 0 bridgehead atoms. The normalized spacial score (nSPS) is 25.4. The fraction of sp³-hybridized carbons (Fsp3) is 0.750. The van der Waals surface area contributed by atoms with E-state index in [4.69, 9.17) is 5.73 Å². The van der Waals surface area contributed by atoms with Gasteiger partial charge in [-0.2, -0.15) is 11.8 Å². The van der Waals surface area contributed by atoms with Crippen molar-refractivity contribution in [3.63, 3.8) is 0 Å². The highest BCUT2D eigenvalue weighted by Crippen LogP contribution is 2.31. The van der Waals surface area contributed by atoms with Gasteiger partial charge in [0.25, 0.3) is 0 Å². The van der Waals surface area contributed by atoms with Gasteiger partial charge in [-0.25, -0.2) is 4.98 Å². The monoisotopic (exact) mass is 271 g/mol. The maximum Gasteiger partial charge on any atom is 0.0897 e. The van der Waals surface area contributed by atoms with E-state index in [0.717, 1.165) is 23.8 Å². The third-order valence-corrected chi connectivity index (χ3v) is 5.70. The van der Waals surface area contributed by atoms with Crippen molar-refractivity contribution in [3.05, 3.63) is 16.1 Å². The number of hydrogen-bond donors (Lipinski definition) is 1. The molecule has 1 aliphatic heterocycles. The molecule has 3 nitrogen and oxygen atoms in total. The molecular formula is C12H21N3S2. The molecule has 1 aromatic heterocycles. The van der Waals surface area contributed by atoms with Crippen LogP contribution in [0.2, 0.25) is 0 Å². The van der Waals surface area contributed by atoms with Gasteiger partial charge in [-0.05, 0) is 32.6 Å². The summed E-state index contributed by atoms with van der Waals surface area (Å²) < 4.78 is 0. The lowest BCUT2D eigenvalue weighted by atomic mass is 9.93. The molecule has 0 saturated carbocycles. The van der Waals surface area contributed by atoms with Crippen LogP contribution in [0.4, 0.5) is 0 Å². The predicted octanol–water partition coefficient (Wildman–Crippen LogP) is 2.11. The van der Waals surface area contributed by atoms with E-state index in [-0.39, 0.29) is 5.54 Å².